The van der Waals surface area contributed by atoms with E-state index in [-0.39, 0.29) is 11.1 Å². The Labute approximate surface area is 120 Å². The van der Waals surface area contributed by atoms with E-state index in [1.54, 1.807) is 0 Å². The second-order valence-corrected chi connectivity index (χ2v) is 12.6. The van der Waals surface area contributed by atoms with Crippen LogP contribution in [0.5, 0.6) is 0 Å². The van der Waals surface area contributed by atoms with Gasteiger partial charge >= 0.3 is 7.71 Å². The van der Waals surface area contributed by atoms with Gasteiger partial charge < -0.3 is 9.13 Å². The standard InChI is InChI=1S/C11H21Cl3N2Si/c1-10(2,3)15-7-8-16(11(4,5)6)17(15,14)9(12)13/h7-9H,1-6H3. The van der Waals surface area contributed by atoms with Crippen molar-refractivity contribution < 1.29 is 0 Å². The summed E-state index contributed by atoms with van der Waals surface area (Å²) in [6.45, 7) is 12.7. The number of nitrogens with zero attached hydrogens (tertiary/aromatic N) is 2. The van der Waals surface area contributed by atoms with Gasteiger partial charge in [-0.3, -0.25) is 0 Å². The molecule has 0 fully saturated rings. The van der Waals surface area contributed by atoms with Crippen LogP contribution in [0.25, 0.3) is 0 Å². The van der Waals surface area contributed by atoms with Gasteiger partial charge in [0.25, 0.3) is 0 Å². The maximum absolute atomic E-state index is 6.87. The number of alkyl halides is 2. The zero-order valence-electron chi connectivity index (χ0n) is 11.3. The van der Waals surface area contributed by atoms with Crippen molar-refractivity contribution in [1.82, 2.24) is 9.13 Å². The molecule has 0 amide bonds. The smallest absolute Gasteiger partial charge is 0.368 e. The third kappa shape index (κ3) is 2.72. The SMILES string of the molecule is CC(C)(C)N1C=CN(C(C)(C)C)[Si]1(Cl)C(Cl)Cl. The lowest BCUT2D eigenvalue weighted by Crippen LogP contribution is -2.67. The summed E-state index contributed by atoms with van der Waals surface area (Å²) in [5, 5.41) is 0. The lowest BCUT2D eigenvalue weighted by atomic mass is 10.1. The summed E-state index contributed by atoms with van der Waals surface area (Å²) in [4.78, 5) is 0. The molecule has 0 aromatic heterocycles. The normalized spacial score (nSPS) is 20.6. The van der Waals surface area contributed by atoms with Crippen LogP contribution in [0.4, 0.5) is 0 Å². The summed E-state index contributed by atoms with van der Waals surface area (Å²) < 4.78 is 3.69. The van der Waals surface area contributed by atoms with Gasteiger partial charge in [0.1, 0.15) is 0 Å². The molecular formula is C11H21Cl3N2Si. The molecule has 0 aliphatic carbocycles. The van der Waals surface area contributed by atoms with E-state index in [1.807, 2.05) is 12.4 Å². The van der Waals surface area contributed by atoms with Gasteiger partial charge in [-0.25, -0.2) is 0 Å². The van der Waals surface area contributed by atoms with Gasteiger partial charge in [-0.05, 0) is 41.5 Å². The second kappa shape index (κ2) is 4.51. The third-order valence-corrected chi connectivity index (χ3v) is 10.6. The Morgan fingerprint density at radius 1 is 0.882 bits per heavy atom. The zero-order chi connectivity index (χ0) is 13.6. The quantitative estimate of drug-likeness (QED) is 0.407. The summed E-state index contributed by atoms with van der Waals surface area (Å²) in [5.74, 6) is 0. The minimum absolute atomic E-state index is 0.0908. The van der Waals surface area contributed by atoms with Crippen LogP contribution in [-0.2, 0) is 0 Å². The molecule has 1 rings (SSSR count). The highest BCUT2D eigenvalue weighted by molar-refractivity contribution is 7.23. The van der Waals surface area contributed by atoms with Crippen molar-refractivity contribution in [2.45, 2.75) is 57.1 Å². The molecule has 0 radical (unpaired) electrons. The Morgan fingerprint density at radius 2 is 1.18 bits per heavy atom. The molecule has 0 spiro atoms. The molecule has 0 bridgehead atoms. The van der Waals surface area contributed by atoms with E-state index in [0.29, 0.717) is 0 Å². The predicted octanol–water partition coefficient (Wildman–Crippen LogP) is 4.19. The monoisotopic (exact) mass is 314 g/mol. The lowest BCUT2D eigenvalue weighted by Gasteiger charge is -2.49. The van der Waals surface area contributed by atoms with Gasteiger partial charge in [0.15, 0.2) is 4.46 Å². The maximum atomic E-state index is 6.87. The first-order valence-corrected chi connectivity index (χ1v) is 9.51. The number of halogens is 3. The van der Waals surface area contributed by atoms with E-state index in [4.69, 9.17) is 34.3 Å². The first-order chi connectivity index (χ1) is 7.41. The molecule has 1 aliphatic heterocycles. The number of hydrogen-bond donors (Lipinski definition) is 0. The Balaban J connectivity index is 3.21. The Hall–Kier alpha value is 0.427. The van der Waals surface area contributed by atoms with Gasteiger partial charge in [-0.1, -0.05) is 0 Å². The lowest BCUT2D eigenvalue weighted by molar-refractivity contribution is 0.275. The highest BCUT2D eigenvalue weighted by Crippen LogP contribution is 2.42. The molecule has 2 nitrogen and oxygen atoms in total. The first kappa shape index (κ1) is 15.5. The molecule has 0 atom stereocenters. The third-order valence-electron chi connectivity index (χ3n) is 2.76. The molecule has 0 aromatic carbocycles. The summed E-state index contributed by atoms with van der Waals surface area (Å²) in [5.41, 5.74) is -0.182. The predicted molar refractivity (Wildman–Crippen MR) is 79.4 cm³/mol. The molecule has 0 aromatic rings. The summed E-state index contributed by atoms with van der Waals surface area (Å²) in [7, 11) is -2.63. The summed E-state index contributed by atoms with van der Waals surface area (Å²) in [6.07, 6.45) is 4.03. The fourth-order valence-corrected chi connectivity index (χ4v) is 8.26. The molecule has 0 saturated heterocycles. The van der Waals surface area contributed by atoms with Gasteiger partial charge in [0, 0.05) is 23.5 Å². The highest BCUT2D eigenvalue weighted by Gasteiger charge is 2.58. The van der Waals surface area contributed by atoms with E-state index in [0.717, 1.165) is 0 Å². The van der Waals surface area contributed by atoms with Crippen LogP contribution >= 0.6 is 34.3 Å². The van der Waals surface area contributed by atoms with E-state index in [1.165, 1.54) is 0 Å². The molecule has 0 N–H and O–H groups in total. The molecule has 6 heteroatoms. The molecular weight excluding hydrogens is 295 g/mol. The topological polar surface area (TPSA) is 6.48 Å². The van der Waals surface area contributed by atoms with Crippen molar-refractivity contribution in [2.24, 2.45) is 0 Å². The van der Waals surface area contributed by atoms with Gasteiger partial charge in [0.05, 0.1) is 0 Å². The molecule has 0 saturated carbocycles. The fourth-order valence-electron chi connectivity index (χ4n) is 2.06. The maximum Gasteiger partial charge on any atom is 0.399 e. The van der Waals surface area contributed by atoms with Crippen molar-refractivity contribution in [2.75, 3.05) is 0 Å². The summed E-state index contributed by atoms with van der Waals surface area (Å²) in [6, 6.07) is 0. The van der Waals surface area contributed by atoms with Gasteiger partial charge in [0.2, 0.25) is 0 Å². The van der Waals surface area contributed by atoms with Crippen molar-refractivity contribution in [3.05, 3.63) is 12.4 Å². The van der Waals surface area contributed by atoms with Crippen LogP contribution in [0.15, 0.2) is 12.4 Å². The molecule has 0 unspecified atom stereocenters. The van der Waals surface area contributed by atoms with Gasteiger partial charge in [-0.2, -0.15) is 0 Å². The van der Waals surface area contributed by atoms with Crippen LogP contribution < -0.4 is 0 Å². The van der Waals surface area contributed by atoms with Crippen molar-refractivity contribution in [3.63, 3.8) is 0 Å². The summed E-state index contributed by atoms with van der Waals surface area (Å²) >= 11 is 19.3. The van der Waals surface area contributed by atoms with Crippen molar-refractivity contribution in [1.29, 1.82) is 0 Å². The van der Waals surface area contributed by atoms with Crippen LogP contribution in [-0.4, -0.2) is 32.4 Å². The average molecular weight is 316 g/mol. The largest absolute Gasteiger partial charge is 0.399 e. The minimum Gasteiger partial charge on any atom is -0.368 e. The molecule has 1 aliphatic rings. The van der Waals surface area contributed by atoms with Crippen LogP contribution in [0.1, 0.15) is 41.5 Å². The van der Waals surface area contributed by atoms with E-state index in [2.05, 4.69) is 50.7 Å². The minimum atomic E-state index is -2.63. The Bertz CT molecular complexity index is 294. The van der Waals surface area contributed by atoms with Crippen LogP contribution in [0, 0.1) is 0 Å². The van der Waals surface area contributed by atoms with Crippen LogP contribution in [0.3, 0.4) is 0 Å². The average Bonchev–Trinajstić information content (AvgIpc) is 2.41. The fraction of sp³-hybridized carbons (Fsp3) is 0.818. The van der Waals surface area contributed by atoms with Crippen LogP contribution in [0.2, 0.25) is 0 Å². The molecule has 1 heterocycles. The van der Waals surface area contributed by atoms with Gasteiger partial charge in [-0.15, -0.1) is 34.3 Å². The Kier molecular flexibility index (Phi) is 4.11. The zero-order valence-corrected chi connectivity index (χ0v) is 14.5. The van der Waals surface area contributed by atoms with Crippen molar-refractivity contribution in [3.8, 4) is 0 Å². The van der Waals surface area contributed by atoms with E-state index in [9.17, 15) is 0 Å². The number of rotatable bonds is 1. The van der Waals surface area contributed by atoms with E-state index < -0.39 is 12.2 Å². The number of hydrogen-bond acceptors (Lipinski definition) is 2. The highest BCUT2D eigenvalue weighted by atomic mass is 35.6. The van der Waals surface area contributed by atoms with Crippen molar-refractivity contribution >= 4 is 42.0 Å². The Morgan fingerprint density at radius 3 is 1.35 bits per heavy atom. The molecule has 100 valence electrons. The van der Waals surface area contributed by atoms with E-state index >= 15 is 0 Å². The first-order valence-electron chi connectivity index (χ1n) is 5.66. The second-order valence-electron chi connectivity index (χ2n) is 6.32. The molecule has 17 heavy (non-hydrogen) atoms.